The molecule has 0 fully saturated rings. The molecule has 0 heterocycles. The van der Waals surface area contributed by atoms with Gasteiger partial charge in [0.2, 0.25) is 0 Å². The standard InChI is InChI=1S/C19H18BrNO3/c1-13-6-9-17(10-7-13)21-19(23)14(2)24-18(22)11-8-15-4-3-5-16(20)12-15/h3-12,14H,1-2H3,(H,21,23)/b11-8+/t14-/m0/s1. The highest BCUT2D eigenvalue weighted by molar-refractivity contribution is 9.10. The smallest absolute Gasteiger partial charge is 0.331 e. The Balaban J connectivity index is 1.88. The van der Waals surface area contributed by atoms with E-state index in [1.54, 1.807) is 18.2 Å². The maximum absolute atomic E-state index is 12.0. The topological polar surface area (TPSA) is 55.4 Å². The molecule has 0 saturated heterocycles. The lowest BCUT2D eigenvalue weighted by Gasteiger charge is -2.12. The van der Waals surface area contributed by atoms with Gasteiger partial charge in [0, 0.05) is 16.2 Å². The SMILES string of the molecule is Cc1ccc(NC(=O)[C@H](C)OC(=O)/C=C/c2cccc(Br)c2)cc1. The minimum atomic E-state index is -0.883. The molecular formula is C19H18BrNO3. The van der Waals surface area contributed by atoms with Crippen LogP contribution in [-0.2, 0) is 14.3 Å². The monoisotopic (exact) mass is 387 g/mol. The summed E-state index contributed by atoms with van der Waals surface area (Å²) in [5, 5.41) is 2.71. The van der Waals surface area contributed by atoms with Gasteiger partial charge >= 0.3 is 5.97 Å². The number of amides is 1. The molecule has 1 amide bonds. The maximum atomic E-state index is 12.0. The van der Waals surface area contributed by atoms with Gasteiger partial charge in [-0.1, -0.05) is 45.8 Å². The summed E-state index contributed by atoms with van der Waals surface area (Å²) in [7, 11) is 0. The van der Waals surface area contributed by atoms with Crippen LogP contribution >= 0.6 is 15.9 Å². The lowest BCUT2D eigenvalue weighted by atomic mass is 10.2. The molecule has 124 valence electrons. The van der Waals surface area contributed by atoms with Crippen molar-refractivity contribution in [3.05, 3.63) is 70.2 Å². The molecule has 0 spiro atoms. The van der Waals surface area contributed by atoms with Crippen LogP contribution in [0.5, 0.6) is 0 Å². The van der Waals surface area contributed by atoms with E-state index in [1.165, 1.54) is 13.0 Å². The summed E-state index contributed by atoms with van der Waals surface area (Å²) in [5.41, 5.74) is 2.63. The second-order valence-corrected chi connectivity index (χ2v) is 6.24. The third kappa shape index (κ3) is 5.66. The molecule has 0 saturated carbocycles. The third-order valence-corrected chi connectivity index (χ3v) is 3.74. The van der Waals surface area contributed by atoms with Crippen molar-refractivity contribution >= 4 is 39.6 Å². The van der Waals surface area contributed by atoms with Gasteiger partial charge in [-0.25, -0.2) is 4.79 Å². The fourth-order valence-electron chi connectivity index (χ4n) is 1.92. The summed E-state index contributed by atoms with van der Waals surface area (Å²) >= 11 is 3.36. The largest absolute Gasteiger partial charge is 0.449 e. The number of rotatable bonds is 5. The fraction of sp³-hybridized carbons (Fsp3) is 0.158. The van der Waals surface area contributed by atoms with E-state index in [9.17, 15) is 9.59 Å². The number of hydrogen-bond acceptors (Lipinski definition) is 3. The first kappa shape index (κ1) is 17.9. The van der Waals surface area contributed by atoms with Crippen molar-refractivity contribution in [1.29, 1.82) is 0 Å². The summed E-state index contributed by atoms with van der Waals surface area (Å²) in [5.74, 6) is -0.940. The van der Waals surface area contributed by atoms with Crippen molar-refractivity contribution in [1.82, 2.24) is 0 Å². The summed E-state index contributed by atoms with van der Waals surface area (Å²) < 4.78 is 6.03. The van der Waals surface area contributed by atoms with Crippen molar-refractivity contribution in [2.24, 2.45) is 0 Å². The van der Waals surface area contributed by atoms with E-state index in [-0.39, 0.29) is 5.91 Å². The van der Waals surface area contributed by atoms with E-state index in [4.69, 9.17) is 4.74 Å². The van der Waals surface area contributed by atoms with Crippen LogP contribution in [0.3, 0.4) is 0 Å². The van der Waals surface area contributed by atoms with Gasteiger partial charge in [-0.2, -0.15) is 0 Å². The van der Waals surface area contributed by atoms with Crippen molar-refractivity contribution in [3.8, 4) is 0 Å². The molecule has 0 aliphatic carbocycles. The summed E-state index contributed by atoms with van der Waals surface area (Å²) in [6.45, 7) is 3.50. The predicted octanol–water partition coefficient (Wildman–Crippen LogP) is 4.34. The van der Waals surface area contributed by atoms with Gasteiger partial charge < -0.3 is 10.1 Å². The molecule has 0 radical (unpaired) electrons. The number of ether oxygens (including phenoxy) is 1. The summed E-state index contributed by atoms with van der Waals surface area (Å²) in [6, 6.07) is 14.9. The fourth-order valence-corrected chi connectivity index (χ4v) is 2.34. The molecule has 2 rings (SSSR count). The van der Waals surface area contributed by atoms with Crippen molar-refractivity contribution in [2.75, 3.05) is 5.32 Å². The van der Waals surface area contributed by atoms with Gasteiger partial charge in [0.15, 0.2) is 6.10 Å². The molecule has 0 bridgehead atoms. The van der Waals surface area contributed by atoms with Crippen LogP contribution in [0.1, 0.15) is 18.1 Å². The van der Waals surface area contributed by atoms with Crippen molar-refractivity contribution in [2.45, 2.75) is 20.0 Å². The van der Waals surface area contributed by atoms with Gasteiger partial charge in [0.25, 0.3) is 5.91 Å². The number of carbonyl (C=O) groups excluding carboxylic acids is 2. The zero-order valence-electron chi connectivity index (χ0n) is 13.5. The minimum absolute atomic E-state index is 0.372. The number of halogens is 1. The Bertz CT molecular complexity index is 753. The van der Waals surface area contributed by atoms with E-state index in [1.807, 2.05) is 43.3 Å². The molecule has 0 aromatic heterocycles. The predicted molar refractivity (Wildman–Crippen MR) is 98.5 cm³/mol. The van der Waals surface area contributed by atoms with Gasteiger partial charge in [-0.3, -0.25) is 4.79 Å². The lowest BCUT2D eigenvalue weighted by Crippen LogP contribution is -2.29. The highest BCUT2D eigenvalue weighted by atomic mass is 79.9. The van der Waals surface area contributed by atoms with Crippen LogP contribution in [0, 0.1) is 6.92 Å². The zero-order valence-corrected chi connectivity index (χ0v) is 15.0. The second-order valence-electron chi connectivity index (χ2n) is 5.32. The molecule has 4 nitrogen and oxygen atoms in total. The van der Waals surface area contributed by atoms with Crippen LogP contribution in [0.25, 0.3) is 6.08 Å². The first-order valence-corrected chi connectivity index (χ1v) is 8.25. The second kappa shape index (κ2) is 8.45. The molecule has 2 aromatic rings. The third-order valence-electron chi connectivity index (χ3n) is 3.24. The molecule has 1 atom stereocenters. The van der Waals surface area contributed by atoms with Crippen LogP contribution < -0.4 is 5.32 Å². The summed E-state index contributed by atoms with van der Waals surface area (Å²) in [4.78, 5) is 23.8. The van der Waals surface area contributed by atoms with Crippen LogP contribution in [0.2, 0.25) is 0 Å². The molecule has 2 aromatic carbocycles. The van der Waals surface area contributed by atoms with Crippen LogP contribution in [0.4, 0.5) is 5.69 Å². The average Bonchev–Trinajstić information content (AvgIpc) is 2.55. The van der Waals surface area contributed by atoms with E-state index in [0.717, 1.165) is 15.6 Å². The first-order valence-electron chi connectivity index (χ1n) is 7.46. The first-order chi connectivity index (χ1) is 11.4. The Morgan fingerprint density at radius 2 is 1.88 bits per heavy atom. The Morgan fingerprint density at radius 3 is 2.54 bits per heavy atom. The zero-order chi connectivity index (χ0) is 17.5. The number of esters is 1. The minimum Gasteiger partial charge on any atom is -0.449 e. The normalized spacial score (nSPS) is 12.0. The van der Waals surface area contributed by atoms with Crippen LogP contribution in [0.15, 0.2) is 59.1 Å². The molecule has 5 heteroatoms. The molecule has 24 heavy (non-hydrogen) atoms. The molecule has 1 N–H and O–H groups in total. The van der Waals surface area contributed by atoms with Gasteiger partial charge in [-0.15, -0.1) is 0 Å². The number of nitrogens with one attached hydrogen (secondary N) is 1. The summed E-state index contributed by atoms with van der Waals surface area (Å²) in [6.07, 6.45) is 2.06. The van der Waals surface area contributed by atoms with Crippen molar-refractivity contribution in [3.63, 3.8) is 0 Å². The Labute approximate surface area is 149 Å². The number of aryl methyl sites for hydroxylation is 1. The highest BCUT2D eigenvalue weighted by Crippen LogP contribution is 2.13. The number of anilines is 1. The number of benzene rings is 2. The Morgan fingerprint density at radius 1 is 1.17 bits per heavy atom. The molecule has 0 unspecified atom stereocenters. The maximum Gasteiger partial charge on any atom is 0.331 e. The van der Waals surface area contributed by atoms with Crippen LogP contribution in [-0.4, -0.2) is 18.0 Å². The Hall–Kier alpha value is -2.40. The van der Waals surface area contributed by atoms with Gasteiger partial charge in [0.1, 0.15) is 0 Å². The number of hydrogen-bond donors (Lipinski definition) is 1. The Kier molecular flexibility index (Phi) is 6.32. The van der Waals surface area contributed by atoms with E-state index >= 15 is 0 Å². The number of carbonyl (C=O) groups is 2. The quantitative estimate of drug-likeness (QED) is 0.613. The highest BCUT2D eigenvalue weighted by Gasteiger charge is 2.16. The average molecular weight is 388 g/mol. The van der Waals surface area contributed by atoms with E-state index < -0.39 is 12.1 Å². The molecular weight excluding hydrogens is 370 g/mol. The van der Waals surface area contributed by atoms with E-state index in [2.05, 4.69) is 21.2 Å². The van der Waals surface area contributed by atoms with Gasteiger partial charge in [0.05, 0.1) is 0 Å². The van der Waals surface area contributed by atoms with Crippen molar-refractivity contribution < 1.29 is 14.3 Å². The molecule has 0 aliphatic rings. The van der Waals surface area contributed by atoms with E-state index in [0.29, 0.717) is 5.69 Å². The lowest BCUT2D eigenvalue weighted by molar-refractivity contribution is -0.148. The molecule has 0 aliphatic heterocycles. The van der Waals surface area contributed by atoms with Gasteiger partial charge in [-0.05, 0) is 49.8 Å².